The fourth-order valence-corrected chi connectivity index (χ4v) is 1.60. The van der Waals surface area contributed by atoms with Crippen LogP contribution in [0.4, 0.5) is 0 Å². The number of aliphatic hydroxyl groups excluding tert-OH is 2. The first kappa shape index (κ1) is 16.5. The molecule has 0 amide bonds. The van der Waals surface area contributed by atoms with Crippen molar-refractivity contribution in [1.29, 1.82) is 0 Å². The first-order valence-corrected chi connectivity index (χ1v) is 4.75. The van der Waals surface area contributed by atoms with Crippen LogP contribution in [-0.2, 0) is 4.79 Å². The number of carboxylic acid groups (broad SMARTS) is 1. The van der Waals surface area contributed by atoms with E-state index in [0.29, 0.717) is 5.57 Å². The van der Waals surface area contributed by atoms with E-state index in [4.69, 9.17) is 0 Å². The van der Waals surface area contributed by atoms with E-state index in [-0.39, 0.29) is 62.4 Å². The largest absolute Gasteiger partial charge is 1.00 e. The second kappa shape index (κ2) is 5.91. The number of aliphatic carboxylic acids is 1. The summed E-state index contributed by atoms with van der Waals surface area (Å²) >= 11 is 0. The predicted molar refractivity (Wildman–Crippen MR) is 52.6 cm³/mol. The number of carboxylic acids is 1. The molecule has 16 heavy (non-hydrogen) atoms. The van der Waals surface area contributed by atoms with Gasteiger partial charge in [-0.1, -0.05) is 32.9 Å². The van der Waals surface area contributed by atoms with Crippen molar-refractivity contribution in [3.05, 3.63) is 23.3 Å². The average Bonchev–Trinajstić information content (AvgIpc) is 2.06. The topological polar surface area (TPSA) is 80.6 Å². The van der Waals surface area contributed by atoms with Crippen LogP contribution in [-0.4, -0.2) is 28.4 Å². The van der Waals surface area contributed by atoms with Gasteiger partial charge in [0, 0.05) is 5.57 Å². The Hall–Kier alpha value is 0.506. The van der Waals surface area contributed by atoms with E-state index in [1.807, 2.05) is 20.8 Å². The Morgan fingerprint density at radius 3 is 2.12 bits per heavy atom. The summed E-state index contributed by atoms with van der Waals surface area (Å²) in [4.78, 5) is 10.6. The average molecular weight is 250 g/mol. The van der Waals surface area contributed by atoms with Crippen molar-refractivity contribution in [2.75, 3.05) is 0 Å². The second-order valence-corrected chi connectivity index (χ2v) is 4.67. The van der Waals surface area contributed by atoms with Gasteiger partial charge in [-0.05, 0) is 11.0 Å². The van der Waals surface area contributed by atoms with Gasteiger partial charge in [-0.2, -0.15) is 0 Å². The minimum Gasteiger partial charge on any atom is -0.545 e. The molecule has 0 bridgehead atoms. The van der Waals surface area contributed by atoms with Crippen LogP contribution in [0.5, 0.6) is 0 Å². The van der Waals surface area contributed by atoms with E-state index in [1.54, 1.807) is 0 Å². The third-order valence-electron chi connectivity index (χ3n) is 2.48. The van der Waals surface area contributed by atoms with Gasteiger partial charge < -0.3 is 20.1 Å². The van der Waals surface area contributed by atoms with Crippen molar-refractivity contribution in [1.82, 2.24) is 0 Å². The monoisotopic (exact) mass is 250 g/mol. The number of rotatable bonds is 1. The smallest absolute Gasteiger partial charge is 0.545 e. The van der Waals surface area contributed by atoms with Crippen LogP contribution in [0, 0.1) is 5.41 Å². The normalized spacial score (nSPS) is 25.3. The Labute approximate surface area is 137 Å². The van der Waals surface area contributed by atoms with Crippen LogP contribution in [0.25, 0.3) is 0 Å². The van der Waals surface area contributed by atoms with E-state index < -0.39 is 18.2 Å². The molecule has 4 nitrogen and oxygen atoms in total. The van der Waals surface area contributed by atoms with E-state index >= 15 is 0 Å². The standard InChI is InChI=1S/C11H16O4.K/c1-11(2,3)7-5-4-6(10(14)15)8(12)9(7)13;/h4-5,8-9,12-13H,1-3H3,(H,14,15);/q;+1/p-1/t8-,9+;/m1./s1. The van der Waals surface area contributed by atoms with Gasteiger partial charge >= 0.3 is 51.4 Å². The van der Waals surface area contributed by atoms with Crippen LogP contribution >= 0.6 is 0 Å². The first-order valence-electron chi connectivity index (χ1n) is 4.75. The maximum Gasteiger partial charge on any atom is 1.00 e. The summed E-state index contributed by atoms with van der Waals surface area (Å²) in [6, 6.07) is 0. The van der Waals surface area contributed by atoms with Crippen molar-refractivity contribution in [2.45, 2.75) is 33.0 Å². The molecule has 0 aromatic rings. The van der Waals surface area contributed by atoms with Crippen LogP contribution in [0.1, 0.15) is 20.8 Å². The Kier molecular flexibility index (Phi) is 6.09. The zero-order valence-corrected chi connectivity index (χ0v) is 13.1. The maximum absolute atomic E-state index is 10.6. The quantitative estimate of drug-likeness (QED) is 0.471. The zero-order valence-electron chi connectivity index (χ0n) is 10.0. The minimum absolute atomic E-state index is 0. The summed E-state index contributed by atoms with van der Waals surface area (Å²) in [5.41, 5.74) is 0.0180. The summed E-state index contributed by atoms with van der Waals surface area (Å²) in [6.45, 7) is 5.64. The second-order valence-electron chi connectivity index (χ2n) is 4.67. The molecule has 1 aliphatic rings. The van der Waals surface area contributed by atoms with Crippen molar-refractivity contribution in [3.63, 3.8) is 0 Å². The zero-order chi connectivity index (χ0) is 11.8. The predicted octanol–water partition coefficient (Wildman–Crippen LogP) is -3.63. The number of hydrogen-bond acceptors (Lipinski definition) is 4. The SMILES string of the molecule is CC(C)(C)C1=CC=C(C(=O)[O-])[C@@H](O)[C@H]1O.[K+]. The number of allylic oxidation sites excluding steroid dienone is 2. The van der Waals surface area contributed by atoms with Crippen LogP contribution in [0.15, 0.2) is 23.3 Å². The van der Waals surface area contributed by atoms with Gasteiger partial charge in [0.1, 0.15) is 12.2 Å². The Morgan fingerprint density at radius 1 is 1.25 bits per heavy atom. The van der Waals surface area contributed by atoms with Gasteiger partial charge in [0.25, 0.3) is 0 Å². The number of carbonyl (C=O) groups excluding carboxylic acids is 1. The fraction of sp³-hybridized carbons (Fsp3) is 0.545. The molecular weight excluding hydrogens is 235 g/mol. The third-order valence-corrected chi connectivity index (χ3v) is 2.48. The molecule has 0 spiro atoms. The molecule has 0 unspecified atom stereocenters. The summed E-state index contributed by atoms with van der Waals surface area (Å²) in [7, 11) is 0. The van der Waals surface area contributed by atoms with E-state index in [1.165, 1.54) is 12.2 Å². The number of aliphatic hydroxyl groups is 2. The molecular formula is C11H15KO4. The van der Waals surface area contributed by atoms with Crippen LogP contribution in [0.2, 0.25) is 0 Å². The molecule has 0 aromatic carbocycles. The Bertz CT molecular complexity index is 338. The molecule has 1 aliphatic carbocycles. The van der Waals surface area contributed by atoms with Gasteiger partial charge in [0.2, 0.25) is 0 Å². The first-order chi connectivity index (χ1) is 6.75. The maximum atomic E-state index is 10.6. The van der Waals surface area contributed by atoms with E-state index in [0.717, 1.165) is 0 Å². The van der Waals surface area contributed by atoms with Crippen molar-refractivity contribution in [2.24, 2.45) is 5.41 Å². The van der Waals surface area contributed by atoms with Crippen LogP contribution < -0.4 is 56.5 Å². The minimum atomic E-state index is -1.45. The number of carbonyl (C=O) groups is 1. The molecule has 84 valence electrons. The molecule has 2 N–H and O–H groups in total. The van der Waals surface area contributed by atoms with Gasteiger partial charge in [0.05, 0.1) is 5.97 Å². The molecule has 2 atom stereocenters. The van der Waals surface area contributed by atoms with Crippen molar-refractivity contribution in [3.8, 4) is 0 Å². The molecule has 0 radical (unpaired) electrons. The molecule has 0 aromatic heterocycles. The molecule has 5 heteroatoms. The molecule has 0 heterocycles. The van der Waals surface area contributed by atoms with Gasteiger partial charge in [-0.3, -0.25) is 0 Å². The summed E-state index contributed by atoms with van der Waals surface area (Å²) < 4.78 is 0. The van der Waals surface area contributed by atoms with E-state index in [2.05, 4.69) is 0 Å². The summed E-state index contributed by atoms with van der Waals surface area (Å²) in [5.74, 6) is -1.45. The Balaban J connectivity index is 0.00000225. The van der Waals surface area contributed by atoms with Gasteiger partial charge in [-0.25, -0.2) is 0 Å². The number of hydrogen-bond donors (Lipinski definition) is 2. The molecule has 0 fully saturated rings. The summed E-state index contributed by atoms with van der Waals surface area (Å²) in [5, 5.41) is 29.9. The van der Waals surface area contributed by atoms with Crippen molar-refractivity contribution < 1.29 is 71.5 Å². The van der Waals surface area contributed by atoms with Gasteiger partial charge in [-0.15, -0.1) is 0 Å². The van der Waals surface area contributed by atoms with E-state index in [9.17, 15) is 20.1 Å². The summed E-state index contributed by atoms with van der Waals surface area (Å²) in [6.07, 6.45) is 0.229. The molecule has 0 aliphatic heterocycles. The third kappa shape index (κ3) is 3.50. The molecule has 0 saturated heterocycles. The van der Waals surface area contributed by atoms with Gasteiger partial charge in [0.15, 0.2) is 0 Å². The fourth-order valence-electron chi connectivity index (χ4n) is 1.60. The van der Waals surface area contributed by atoms with Crippen molar-refractivity contribution >= 4 is 5.97 Å². The van der Waals surface area contributed by atoms with Crippen LogP contribution in [0.3, 0.4) is 0 Å². The molecule has 0 saturated carbocycles. The molecule has 1 rings (SSSR count). The Morgan fingerprint density at radius 2 is 1.75 bits per heavy atom.